The zero-order valence-corrected chi connectivity index (χ0v) is 12.1. The molecule has 0 saturated carbocycles. The Labute approximate surface area is 116 Å². The zero-order chi connectivity index (χ0) is 14.4. The highest BCUT2D eigenvalue weighted by Crippen LogP contribution is 2.25. The summed E-state index contributed by atoms with van der Waals surface area (Å²) in [7, 11) is 0. The molecule has 0 aliphatic carbocycles. The summed E-state index contributed by atoms with van der Waals surface area (Å²) in [5.41, 5.74) is 0.0565. The Morgan fingerprint density at radius 2 is 1.95 bits per heavy atom. The smallest absolute Gasteiger partial charge is 0.269 e. The van der Waals surface area contributed by atoms with Crippen LogP contribution in [0.15, 0.2) is 29.2 Å². The molecule has 0 aliphatic heterocycles. The molecule has 2 unspecified atom stereocenters. The number of nitro benzene ring substituents is 1. The normalized spacial score (nSPS) is 13.6. The van der Waals surface area contributed by atoms with Crippen LogP contribution < -0.4 is 5.32 Å². The molecule has 1 aromatic rings. The van der Waals surface area contributed by atoms with Gasteiger partial charge in [0.2, 0.25) is 5.91 Å². The Morgan fingerprint density at radius 3 is 2.42 bits per heavy atom. The van der Waals surface area contributed by atoms with E-state index in [2.05, 4.69) is 5.32 Å². The zero-order valence-electron chi connectivity index (χ0n) is 11.3. The first-order valence-corrected chi connectivity index (χ1v) is 7.03. The van der Waals surface area contributed by atoms with Gasteiger partial charge in [-0.25, -0.2) is 0 Å². The molecule has 0 aliphatic rings. The Balaban J connectivity index is 2.58. The number of nitro groups is 1. The molecule has 0 bridgehead atoms. The number of carbonyl (C=O) groups is 1. The average Bonchev–Trinajstić information content (AvgIpc) is 2.38. The lowest BCUT2D eigenvalue weighted by atomic mass is 10.2. The van der Waals surface area contributed by atoms with Crippen LogP contribution in [0.4, 0.5) is 5.69 Å². The highest BCUT2D eigenvalue weighted by Gasteiger charge is 2.16. The molecule has 6 heteroatoms. The molecule has 1 aromatic carbocycles. The highest BCUT2D eigenvalue weighted by molar-refractivity contribution is 8.00. The second kappa shape index (κ2) is 7.13. The number of benzene rings is 1. The lowest BCUT2D eigenvalue weighted by Gasteiger charge is -2.15. The van der Waals surface area contributed by atoms with Gasteiger partial charge in [0.25, 0.3) is 5.69 Å². The number of carbonyl (C=O) groups excluding carboxylic acids is 1. The van der Waals surface area contributed by atoms with Gasteiger partial charge in [0.1, 0.15) is 0 Å². The number of thioether (sulfide) groups is 1. The summed E-state index contributed by atoms with van der Waals surface area (Å²) in [6.45, 7) is 5.80. The molecular weight excluding hydrogens is 264 g/mol. The molecule has 2 atom stereocenters. The lowest BCUT2D eigenvalue weighted by molar-refractivity contribution is -0.384. The number of rotatable bonds is 6. The predicted molar refractivity (Wildman–Crippen MR) is 76.3 cm³/mol. The molecule has 0 spiro atoms. The fourth-order valence-electron chi connectivity index (χ4n) is 1.37. The topological polar surface area (TPSA) is 72.2 Å². The van der Waals surface area contributed by atoms with Gasteiger partial charge in [-0.3, -0.25) is 14.9 Å². The fraction of sp³-hybridized carbons (Fsp3) is 0.462. The first-order chi connectivity index (χ1) is 8.93. The van der Waals surface area contributed by atoms with E-state index in [0.717, 1.165) is 11.3 Å². The van der Waals surface area contributed by atoms with Crippen LogP contribution in [-0.2, 0) is 4.79 Å². The van der Waals surface area contributed by atoms with Gasteiger partial charge < -0.3 is 5.32 Å². The van der Waals surface area contributed by atoms with Crippen molar-refractivity contribution < 1.29 is 9.72 Å². The van der Waals surface area contributed by atoms with Crippen molar-refractivity contribution in [2.45, 2.75) is 43.4 Å². The van der Waals surface area contributed by atoms with Crippen LogP contribution >= 0.6 is 11.8 Å². The molecule has 1 amide bonds. The Hall–Kier alpha value is -1.56. The van der Waals surface area contributed by atoms with Crippen LogP contribution in [-0.4, -0.2) is 22.1 Å². The second-order valence-electron chi connectivity index (χ2n) is 4.33. The molecular formula is C13H18N2O3S. The number of nitrogens with one attached hydrogen (secondary N) is 1. The number of amides is 1. The molecule has 1 N–H and O–H groups in total. The van der Waals surface area contributed by atoms with E-state index in [1.807, 2.05) is 20.8 Å². The van der Waals surface area contributed by atoms with E-state index in [4.69, 9.17) is 0 Å². The van der Waals surface area contributed by atoms with Crippen molar-refractivity contribution in [3.8, 4) is 0 Å². The summed E-state index contributed by atoms with van der Waals surface area (Å²) >= 11 is 1.39. The van der Waals surface area contributed by atoms with Crippen LogP contribution in [0.2, 0.25) is 0 Å². The third-order valence-electron chi connectivity index (χ3n) is 2.73. The second-order valence-corrected chi connectivity index (χ2v) is 5.74. The van der Waals surface area contributed by atoms with Crippen LogP contribution in [0.25, 0.3) is 0 Å². The molecule has 0 fully saturated rings. The van der Waals surface area contributed by atoms with Gasteiger partial charge in [0, 0.05) is 23.1 Å². The molecule has 104 valence electrons. The molecule has 1 rings (SSSR count). The minimum Gasteiger partial charge on any atom is -0.353 e. The quantitative estimate of drug-likeness (QED) is 0.494. The summed E-state index contributed by atoms with van der Waals surface area (Å²) in [4.78, 5) is 22.8. The molecule has 0 aromatic heterocycles. The third-order valence-corrected chi connectivity index (χ3v) is 3.84. The number of non-ortho nitro benzene ring substituents is 1. The van der Waals surface area contributed by atoms with Crippen LogP contribution in [0, 0.1) is 10.1 Å². The van der Waals surface area contributed by atoms with Gasteiger partial charge in [-0.05, 0) is 32.4 Å². The highest BCUT2D eigenvalue weighted by atomic mass is 32.2. The fourth-order valence-corrected chi connectivity index (χ4v) is 2.24. The predicted octanol–water partition coefficient (Wildman–Crippen LogP) is 2.99. The number of nitrogens with zero attached hydrogens (tertiary/aromatic N) is 1. The molecule has 0 saturated heterocycles. The van der Waals surface area contributed by atoms with E-state index in [1.54, 1.807) is 12.1 Å². The Morgan fingerprint density at radius 1 is 1.37 bits per heavy atom. The van der Waals surface area contributed by atoms with Gasteiger partial charge in [-0.15, -0.1) is 11.8 Å². The summed E-state index contributed by atoms with van der Waals surface area (Å²) < 4.78 is 0. The largest absolute Gasteiger partial charge is 0.353 e. The Bertz CT molecular complexity index is 448. The maximum Gasteiger partial charge on any atom is 0.269 e. The minimum atomic E-state index is -0.437. The first kappa shape index (κ1) is 15.5. The van der Waals surface area contributed by atoms with Crippen molar-refractivity contribution >= 4 is 23.4 Å². The number of hydrogen-bond donors (Lipinski definition) is 1. The summed E-state index contributed by atoms with van der Waals surface area (Å²) in [5.74, 6) is -0.0160. The van der Waals surface area contributed by atoms with Crippen molar-refractivity contribution in [2.24, 2.45) is 0 Å². The van der Waals surface area contributed by atoms with Crippen molar-refractivity contribution in [1.82, 2.24) is 5.32 Å². The average molecular weight is 282 g/mol. The monoisotopic (exact) mass is 282 g/mol. The van der Waals surface area contributed by atoms with E-state index in [9.17, 15) is 14.9 Å². The van der Waals surface area contributed by atoms with Crippen LogP contribution in [0.5, 0.6) is 0 Å². The third kappa shape index (κ3) is 4.90. The molecule has 0 radical (unpaired) electrons. The Kier molecular flexibility index (Phi) is 5.82. The SMILES string of the molecule is CCC(C)NC(=O)C(C)Sc1ccc([N+](=O)[O-])cc1. The molecule has 0 heterocycles. The maximum atomic E-state index is 11.9. The number of hydrogen-bond acceptors (Lipinski definition) is 4. The van der Waals surface area contributed by atoms with E-state index >= 15 is 0 Å². The maximum absolute atomic E-state index is 11.9. The van der Waals surface area contributed by atoms with Gasteiger partial charge in [-0.1, -0.05) is 6.92 Å². The first-order valence-electron chi connectivity index (χ1n) is 6.15. The van der Waals surface area contributed by atoms with Gasteiger partial charge in [-0.2, -0.15) is 0 Å². The van der Waals surface area contributed by atoms with Crippen molar-refractivity contribution in [2.75, 3.05) is 0 Å². The summed E-state index contributed by atoms with van der Waals surface area (Å²) in [6.07, 6.45) is 0.890. The molecule has 19 heavy (non-hydrogen) atoms. The van der Waals surface area contributed by atoms with Crippen molar-refractivity contribution in [3.63, 3.8) is 0 Å². The van der Waals surface area contributed by atoms with E-state index < -0.39 is 4.92 Å². The van der Waals surface area contributed by atoms with Crippen molar-refractivity contribution in [3.05, 3.63) is 34.4 Å². The summed E-state index contributed by atoms with van der Waals surface area (Å²) in [6, 6.07) is 6.38. The van der Waals surface area contributed by atoms with Gasteiger partial charge in [0.05, 0.1) is 10.2 Å². The lowest BCUT2D eigenvalue weighted by Crippen LogP contribution is -2.37. The van der Waals surface area contributed by atoms with Crippen LogP contribution in [0.1, 0.15) is 27.2 Å². The van der Waals surface area contributed by atoms with Gasteiger partial charge >= 0.3 is 0 Å². The van der Waals surface area contributed by atoms with Crippen LogP contribution in [0.3, 0.4) is 0 Å². The standard InChI is InChI=1S/C13H18N2O3S/c1-4-9(2)14-13(16)10(3)19-12-7-5-11(6-8-12)15(17)18/h5-10H,4H2,1-3H3,(H,14,16). The van der Waals surface area contributed by atoms with E-state index in [-0.39, 0.29) is 22.9 Å². The molecule has 5 nitrogen and oxygen atoms in total. The van der Waals surface area contributed by atoms with Gasteiger partial charge in [0.15, 0.2) is 0 Å². The minimum absolute atomic E-state index is 0.0160. The van der Waals surface area contributed by atoms with E-state index in [0.29, 0.717) is 0 Å². The van der Waals surface area contributed by atoms with E-state index in [1.165, 1.54) is 23.9 Å². The van der Waals surface area contributed by atoms with Crippen molar-refractivity contribution in [1.29, 1.82) is 0 Å². The summed E-state index contributed by atoms with van der Waals surface area (Å²) in [5, 5.41) is 13.2.